The molecule has 26 heavy (non-hydrogen) atoms. The van der Waals surface area contributed by atoms with E-state index in [2.05, 4.69) is 5.32 Å². The fraction of sp³-hybridized carbons (Fsp3) is 0.600. The Morgan fingerprint density at radius 2 is 1.65 bits per heavy atom. The van der Waals surface area contributed by atoms with Crippen LogP contribution in [0.3, 0.4) is 0 Å². The number of carbonyl (C=O) groups excluding carboxylic acids is 1. The van der Waals surface area contributed by atoms with Gasteiger partial charge in [-0.25, -0.2) is 0 Å². The Morgan fingerprint density at radius 1 is 1.12 bits per heavy atom. The SMILES string of the molecule is Cl.Cn1c(=N)n(CC(=O)NC23CC4CC(CC(C4)C2)C3)c2ccccc21. The van der Waals surface area contributed by atoms with Crippen molar-refractivity contribution in [3.63, 3.8) is 0 Å². The Labute approximate surface area is 159 Å². The lowest BCUT2D eigenvalue weighted by molar-refractivity contribution is -0.127. The first kappa shape index (κ1) is 17.7. The lowest BCUT2D eigenvalue weighted by atomic mass is 9.53. The minimum Gasteiger partial charge on any atom is -0.349 e. The molecule has 6 rings (SSSR count). The summed E-state index contributed by atoms with van der Waals surface area (Å²) in [7, 11) is 1.89. The van der Waals surface area contributed by atoms with Crippen molar-refractivity contribution in [2.24, 2.45) is 24.8 Å². The fourth-order valence-electron chi connectivity index (χ4n) is 6.29. The van der Waals surface area contributed by atoms with Gasteiger partial charge in [-0.05, 0) is 68.4 Å². The summed E-state index contributed by atoms with van der Waals surface area (Å²) >= 11 is 0. The predicted octanol–water partition coefficient (Wildman–Crippen LogP) is 2.97. The molecule has 1 aromatic carbocycles. The van der Waals surface area contributed by atoms with E-state index in [0.717, 1.165) is 28.8 Å². The van der Waals surface area contributed by atoms with E-state index in [-0.39, 0.29) is 30.4 Å². The molecule has 140 valence electrons. The standard InChI is InChI=1S/C20H26N4O.ClH/c1-23-16-4-2-3-5-17(16)24(19(23)21)12-18(25)22-20-9-13-6-14(10-20)8-15(7-13)11-20;/h2-5,13-15,21H,6-12H2,1H3,(H,22,25);1H. The molecule has 0 aliphatic heterocycles. The topological polar surface area (TPSA) is 62.8 Å². The van der Waals surface area contributed by atoms with Gasteiger partial charge in [0.05, 0.1) is 11.0 Å². The summed E-state index contributed by atoms with van der Waals surface area (Å²) in [4.78, 5) is 12.9. The highest BCUT2D eigenvalue weighted by atomic mass is 35.5. The summed E-state index contributed by atoms with van der Waals surface area (Å²) in [6.45, 7) is 0.238. The molecule has 4 fully saturated rings. The molecule has 0 saturated heterocycles. The van der Waals surface area contributed by atoms with Crippen molar-refractivity contribution in [2.45, 2.75) is 50.6 Å². The summed E-state index contributed by atoms with van der Waals surface area (Å²) in [5.41, 5.74) is 2.37. The van der Waals surface area contributed by atoms with Gasteiger partial charge in [0.2, 0.25) is 11.5 Å². The van der Waals surface area contributed by atoms with Crippen LogP contribution in [0.4, 0.5) is 0 Å². The van der Waals surface area contributed by atoms with E-state index < -0.39 is 0 Å². The third-order valence-corrected chi connectivity index (χ3v) is 6.85. The number of carbonyl (C=O) groups is 1. The minimum atomic E-state index is 0. The Bertz CT molecular complexity index is 877. The number of fused-ring (bicyclic) bond motifs is 1. The maximum atomic E-state index is 12.9. The summed E-state index contributed by atoms with van der Waals surface area (Å²) in [5.74, 6) is 2.53. The van der Waals surface area contributed by atoms with E-state index in [9.17, 15) is 4.79 Å². The van der Waals surface area contributed by atoms with Crippen LogP contribution in [0.5, 0.6) is 0 Å². The minimum absolute atomic E-state index is 0. The number of hydrogen-bond donors (Lipinski definition) is 2. The number of rotatable bonds is 3. The van der Waals surface area contributed by atoms with Gasteiger partial charge in [0.15, 0.2) is 0 Å². The van der Waals surface area contributed by atoms with Crippen LogP contribution in [0.1, 0.15) is 38.5 Å². The zero-order valence-corrected chi connectivity index (χ0v) is 16.0. The summed E-state index contributed by atoms with van der Waals surface area (Å²) in [5, 5.41) is 11.8. The van der Waals surface area contributed by atoms with Gasteiger partial charge in [-0.15, -0.1) is 12.4 Å². The van der Waals surface area contributed by atoms with Crippen LogP contribution in [-0.4, -0.2) is 20.6 Å². The Kier molecular flexibility index (Phi) is 4.18. The predicted molar refractivity (Wildman–Crippen MR) is 103 cm³/mol. The number of para-hydroxylation sites is 2. The van der Waals surface area contributed by atoms with E-state index in [1.165, 1.54) is 38.5 Å². The highest BCUT2D eigenvalue weighted by Gasteiger charge is 2.51. The molecule has 4 aliphatic carbocycles. The number of imidazole rings is 1. The quantitative estimate of drug-likeness (QED) is 0.852. The Balaban J connectivity index is 0.00000168. The van der Waals surface area contributed by atoms with Gasteiger partial charge in [0, 0.05) is 12.6 Å². The summed E-state index contributed by atoms with van der Waals surface area (Å²) < 4.78 is 3.67. The van der Waals surface area contributed by atoms with Crippen molar-refractivity contribution < 1.29 is 4.79 Å². The Hall–Kier alpha value is -1.75. The average Bonchev–Trinajstić information content (AvgIpc) is 2.78. The first-order valence-electron chi connectivity index (χ1n) is 9.53. The second-order valence-corrected chi connectivity index (χ2v) is 8.70. The first-order chi connectivity index (χ1) is 12.0. The number of aryl methyl sites for hydroxylation is 1. The molecule has 1 amide bonds. The number of nitrogens with zero attached hydrogens (tertiary/aromatic N) is 2. The lowest BCUT2D eigenvalue weighted by Crippen LogP contribution is -2.60. The van der Waals surface area contributed by atoms with Gasteiger partial charge in [-0.3, -0.25) is 10.2 Å². The van der Waals surface area contributed by atoms with Crippen LogP contribution >= 0.6 is 12.4 Å². The molecule has 4 bridgehead atoms. The molecule has 4 saturated carbocycles. The molecule has 2 N–H and O–H groups in total. The van der Waals surface area contributed by atoms with E-state index in [0.29, 0.717) is 5.62 Å². The summed E-state index contributed by atoms with van der Waals surface area (Å²) in [6.07, 6.45) is 7.63. The molecule has 2 aromatic rings. The normalized spacial score (nSPS) is 31.8. The van der Waals surface area contributed by atoms with Crippen molar-refractivity contribution in [3.05, 3.63) is 29.9 Å². The number of nitrogens with one attached hydrogen (secondary N) is 2. The zero-order chi connectivity index (χ0) is 17.2. The van der Waals surface area contributed by atoms with Gasteiger partial charge < -0.3 is 14.5 Å². The first-order valence-corrected chi connectivity index (χ1v) is 9.53. The molecule has 0 unspecified atom stereocenters. The molecule has 1 heterocycles. The van der Waals surface area contributed by atoms with E-state index in [1.54, 1.807) is 0 Å². The maximum absolute atomic E-state index is 12.9. The highest BCUT2D eigenvalue weighted by Crippen LogP contribution is 2.55. The van der Waals surface area contributed by atoms with Crippen LogP contribution in [0, 0.1) is 23.2 Å². The zero-order valence-electron chi connectivity index (χ0n) is 15.2. The van der Waals surface area contributed by atoms with Crippen LogP contribution < -0.4 is 10.9 Å². The van der Waals surface area contributed by atoms with E-state index >= 15 is 0 Å². The van der Waals surface area contributed by atoms with Gasteiger partial charge in [-0.2, -0.15) is 0 Å². The van der Waals surface area contributed by atoms with Crippen molar-refractivity contribution in [3.8, 4) is 0 Å². The number of halogens is 1. The van der Waals surface area contributed by atoms with Crippen LogP contribution in [0.15, 0.2) is 24.3 Å². The third-order valence-electron chi connectivity index (χ3n) is 6.85. The fourth-order valence-corrected chi connectivity index (χ4v) is 6.29. The third kappa shape index (κ3) is 2.68. The molecular formula is C20H27ClN4O. The average molecular weight is 375 g/mol. The second-order valence-electron chi connectivity index (χ2n) is 8.70. The summed E-state index contributed by atoms with van der Waals surface area (Å²) in [6, 6.07) is 7.93. The maximum Gasteiger partial charge on any atom is 0.240 e. The monoisotopic (exact) mass is 374 g/mol. The highest BCUT2D eigenvalue weighted by molar-refractivity contribution is 5.85. The van der Waals surface area contributed by atoms with Crippen LogP contribution in [0.25, 0.3) is 11.0 Å². The Morgan fingerprint density at radius 3 is 2.23 bits per heavy atom. The molecule has 5 nitrogen and oxygen atoms in total. The van der Waals surface area contributed by atoms with Gasteiger partial charge in [0.1, 0.15) is 6.54 Å². The molecule has 4 aliphatic rings. The number of amides is 1. The van der Waals surface area contributed by atoms with Gasteiger partial charge in [-0.1, -0.05) is 12.1 Å². The molecule has 0 radical (unpaired) electrons. The van der Waals surface area contributed by atoms with Crippen LogP contribution in [0.2, 0.25) is 0 Å². The number of aromatic nitrogens is 2. The second kappa shape index (κ2) is 6.15. The molecular weight excluding hydrogens is 348 g/mol. The lowest BCUT2D eigenvalue weighted by Gasteiger charge is -2.56. The molecule has 6 heteroatoms. The van der Waals surface area contributed by atoms with E-state index in [4.69, 9.17) is 5.41 Å². The number of benzene rings is 1. The van der Waals surface area contributed by atoms with Crippen molar-refractivity contribution in [1.82, 2.24) is 14.5 Å². The smallest absolute Gasteiger partial charge is 0.240 e. The number of hydrogen-bond acceptors (Lipinski definition) is 2. The van der Waals surface area contributed by atoms with Crippen molar-refractivity contribution in [1.29, 1.82) is 5.41 Å². The van der Waals surface area contributed by atoms with Crippen molar-refractivity contribution in [2.75, 3.05) is 0 Å². The van der Waals surface area contributed by atoms with E-state index in [1.807, 2.05) is 40.4 Å². The van der Waals surface area contributed by atoms with Crippen LogP contribution in [-0.2, 0) is 18.4 Å². The van der Waals surface area contributed by atoms with Crippen molar-refractivity contribution >= 4 is 29.3 Å². The molecule has 1 aromatic heterocycles. The molecule has 0 spiro atoms. The van der Waals surface area contributed by atoms with Gasteiger partial charge in [0.25, 0.3) is 0 Å². The molecule has 0 atom stereocenters. The largest absolute Gasteiger partial charge is 0.349 e. The van der Waals surface area contributed by atoms with Gasteiger partial charge >= 0.3 is 0 Å².